The van der Waals surface area contributed by atoms with E-state index >= 15 is 0 Å². The quantitative estimate of drug-likeness (QED) is 0.0898. The summed E-state index contributed by atoms with van der Waals surface area (Å²) in [4.78, 5) is 22.2. The highest BCUT2D eigenvalue weighted by atomic mass is 15.2. The molecule has 0 spiro atoms. The second-order valence-corrected chi connectivity index (χ2v) is 37.2. The van der Waals surface area contributed by atoms with Crippen molar-refractivity contribution in [2.75, 3.05) is 9.80 Å². The molecule has 0 aliphatic carbocycles. The van der Waals surface area contributed by atoms with Crippen LogP contribution in [0.1, 0.15) is 0 Å². The molecular weight excluding hydrogens is 1750 g/mol. The second kappa shape index (κ2) is 35.6. The summed E-state index contributed by atoms with van der Waals surface area (Å²) in [6.45, 7) is 0. The van der Waals surface area contributed by atoms with Gasteiger partial charge in [-0.15, -0.1) is 0 Å². The molecule has 0 aliphatic heterocycles. The maximum absolute atomic E-state index is 4.35. The van der Waals surface area contributed by atoms with Crippen molar-refractivity contribution in [3.63, 3.8) is 0 Å². The number of benzene rings is 22. The number of rotatable bonds is 16. The predicted molar refractivity (Wildman–Crippen MR) is 606 cm³/mol. The summed E-state index contributed by atoms with van der Waals surface area (Å²) in [5.41, 5.74) is 32.4. The molecule has 0 amide bonds. The number of hydrogen-bond donors (Lipinski definition) is 0. The average Bonchev–Trinajstić information content (AvgIpc) is 1.05. The Bertz CT molecular complexity index is 9730. The summed E-state index contributed by atoms with van der Waals surface area (Å²) >= 11 is 0. The Morgan fingerprint density at radius 3 is 0.826 bits per heavy atom. The van der Waals surface area contributed by atoms with Gasteiger partial charge in [-0.25, -0.2) is 0 Å². The summed E-state index contributed by atoms with van der Waals surface area (Å²) in [7, 11) is 0. The lowest BCUT2D eigenvalue weighted by Gasteiger charge is -2.29. The molecule has 0 bridgehead atoms. The maximum Gasteiger partial charge on any atom is 0.0546 e. The van der Waals surface area contributed by atoms with E-state index in [0.29, 0.717) is 0 Å². The third-order valence-electron chi connectivity index (χ3n) is 29.0. The van der Waals surface area contributed by atoms with Crippen LogP contribution in [0, 0.1) is 0 Å². The zero-order valence-corrected chi connectivity index (χ0v) is 78.4. The van der Waals surface area contributed by atoms with E-state index in [1.807, 2.05) is 49.6 Å². The minimum Gasteiger partial charge on any atom is -0.310 e. The number of anilines is 6. The molecule has 8 heteroatoms. The lowest BCUT2D eigenvalue weighted by molar-refractivity contribution is 1.18. The normalized spacial score (nSPS) is 11.6. The molecule has 0 atom stereocenters. The maximum atomic E-state index is 4.35. The van der Waals surface area contributed by atoms with E-state index in [2.05, 4.69) is 524 Å². The van der Waals surface area contributed by atoms with Crippen LogP contribution in [-0.2, 0) is 0 Å². The fourth-order valence-electron chi connectivity index (χ4n) is 22.2. The minimum atomic E-state index is 1.08. The average molecular weight is 1830 g/mol. The molecule has 22 aromatic carbocycles. The van der Waals surface area contributed by atoms with Gasteiger partial charge in [0.2, 0.25) is 0 Å². The van der Waals surface area contributed by atoms with Gasteiger partial charge in [0.15, 0.2) is 0 Å². The smallest absolute Gasteiger partial charge is 0.0546 e. The first-order valence-electron chi connectivity index (χ1n) is 49.0. The van der Waals surface area contributed by atoms with E-state index in [9.17, 15) is 0 Å². The molecule has 0 N–H and O–H groups in total. The van der Waals surface area contributed by atoms with Gasteiger partial charge in [0.25, 0.3) is 0 Å². The molecule has 672 valence electrons. The van der Waals surface area contributed by atoms with Crippen molar-refractivity contribution in [3.8, 4) is 100 Å². The van der Waals surface area contributed by atoms with Gasteiger partial charge in [0.05, 0.1) is 27.8 Å². The molecule has 0 radical (unpaired) electrons. The number of para-hydroxylation sites is 6. The SMILES string of the molecule is c1ccc(N(c2ccc3c(-c4ccc(-c5ccc6cnccc6c5)cc4)c4ccccc4c(-c4ccc(-c5ccc6cnccc6c5)cc4)c3c2)c2ccc3c(c2)c2ccccc2n3-c2ccccc2)cc1.c1ccc(N(c2ccc3c(c2)c2ccccc2n3-c2ccccc2)c2cccc3c(-c4ccc(-c5ccc6cnccc6c5)cc4)c4ccccc4c(-c4ccc(-c5ccc6cnccc6c5)cc4)c23)cc1. The predicted octanol–water partition coefficient (Wildman–Crippen LogP) is 36.6. The first-order valence-corrected chi connectivity index (χ1v) is 49.0. The Morgan fingerprint density at radius 1 is 0.153 bits per heavy atom. The van der Waals surface area contributed by atoms with Gasteiger partial charge in [-0.2, -0.15) is 0 Å². The fraction of sp³-hybridized carbons (Fsp3) is 0. The van der Waals surface area contributed by atoms with Crippen molar-refractivity contribution >= 4 is 164 Å². The topological polar surface area (TPSA) is 67.9 Å². The molecule has 28 rings (SSSR count). The minimum absolute atomic E-state index is 1.08. The lowest BCUT2D eigenvalue weighted by atomic mass is 9.84. The van der Waals surface area contributed by atoms with Crippen LogP contribution in [0.15, 0.2) is 535 Å². The van der Waals surface area contributed by atoms with Crippen LogP contribution in [0.4, 0.5) is 34.1 Å². The summed E-state index contributed by atoms with van der Waals surface area (Å²) < 4.78 is 4.77. The third-order valence-corrected chi connectivity index (χ3v) is 29.0. The molecule has 144 heavy (non-hydrogen) atoms. The lowest BCUT2D eigenvalue weighted by Crippen LogP contribution is -2.11. The molecule has 0 aliphatic rings. The van der Waals surface area contributed by atoms with Crippen molar-refractivity contribution in [2.24, 2.45) is 0 Å². The van der Waals surface area contributed by atoms with Gasteiger partial charge in [-0.3, -0.25) is 19.9 Å². The van der Waals surface area contributed by atoms with Gasteiger partial charge >= 0.3 is 0 Å². The number of pyridine rings is 4. The molecule has 0 fully saturated rings. The van der Waals surface area contributed by atoms with Crippen molar-refractivity contribution in [1.29, 1.82) is 0 Å². The number of nitrogens with zero attached hydrogens (tertiary/aromatic N) is 8. The van der Waals surface area contributed by atoms with E-state index in [4.69, 9.17) is 0 Å². The molecule has 28 aromatic rings. The van der Waals surface area contributed by atoms with Crippen LogP contribution in [0.2, 0.25) is 0 Å². The monoisotopic (exact) mass is 1830 g/mol. The Morgan fingerprint density at radius 2 is 0.431 bits per heavy atom. The van der Waals surface area contributed by atoms with E-state index < -0.39 is 0 Å². The summed E-state index contributed by atoms with van der Waals surface area (Å²) in [5, 5.41) is 23.6. The zero-order chi connectivity index (χ0) is 95.1. The van der Waals surface area contributed by atoms with Gasteiger partial charge in [-0.05, 0) is 312 Å². The van der Waals surface area contributed by atoms with Gasteiger partial charge in [0.1, 0.15) is 0 Å². The third kappa shape index (κ3) is 14.9. The molecular formula is C136H88N8. The van der Waals surface area contributed by atoms with E-state index in [0.717, 1.165) is 83.7 Å². The summed E-state index contributed by atoms with van der Waals surface area (Å²) in [5.74, 6) is 0. The Labute approximate surface area is 832 Å². The highest BCUT2D eigenvalue weighted by Crippen LogP contribution is 2.54. The van der Waals surface area contributed by atoms with Crippen LogP contribution in [0.3, 0.4) is 0 Å². The Kier molecular flexibility index (Phi) is 20.8. The van der Waals surface area contributed by atoms with Crippen LogP contribution < -0.4 is 9.80 Å². The van der Waals surface area contributed by atoms with E-state index in [1.165, 1.54) is 181 Å². The van der Waals surface area contributed by atoms with Crippen LogP contribution in [-0.4, -0.2) is 29.1 Å². The van der Waals surface area contributed by atoms with Crippen LogP contribution in [0.5, 0.6) is 0 Å². The molecule has 0 saturated carbocycles. The Hall–Kier alpha value is -19.3. The molecule has 0 unspecified atom stereocenters. The summed E-state index contributed by atoms with van der Waals surface area (Å²) in [6, 6.07) is 178. The standard InChI is InChI=1S/2C68H44N4/c1-3-12-55(13-4-1)71(57-34-35-64-62(42-57)58-16-9-10-20-63(58)72(64)56-14-5-2-6-15-56)65-21-11-19-61-66(47-26-22-45(23-27-47)49-30-32-53-43-69-38-36-51(53)40-49)59-17-7-8-18-60(59)67(68(61)65)48-28-24-46(25-29-48)50-31-33-54-44-70-39-37-52(54)41-50;1-3-11-55(12-4-1)71(58-32-34-66-63(41-58)59-15-9-10-18-65(59)72(66)56-13-5-2-6-14-56)57-31-33-62-64(42-57)68(48-25-21-46(22-26-48)50-28-30-54-44-70-38-36-52(54)40-50)61-17-8-7-16-60(61)67(62)47-23-19-45(20-24-47)49-27-29-53-43-69-37-35-51(53)39-49/h2*1-44H. The number of hydrogen-bond acceptors (Lipinski definition) is 6. The molecule has 8 nitrogen and oxygen atoms in total. The van der Waals surface area contributed by atoms with Crippen molar-refractivity contribution < 1.29 is 0 Å². The zero-order valence-electron chi connectivity index (χ0n) is 78.4. The van der Waals surface area contributed by atoms with Crippen LogP contribution in [0.25, 0.3) is 230 Å². The molecule has 0 saturated heterocycles. The van der Waals surface area contributed by atoms with Gasteiger partial charge in [-0.1, -0.05) is 322 Å². The molecule has 6 aromatic heterocycles. The highest BCUT2D eigenvalue weighted by molar-refractivity contribution is 6.27. The van der Waals surface area contributed by atoms with Crippen molar-refractivity contribution in [3.05, 3.63) is 535 Å². The van der Waals surface area contributed by atoms with Gasteiger partial charge < -0.3 is 18.9 Å². The largest absolute Gasteiger partial charge is 0.310 e. The van der Waals surface area contributed by atoms with Crippen molar-refractivity contribution in [2.45, 2.75) is 0 Å². The van der Waals surface area contributed by atoms with Gasteiger partial charge in [0, 0.05) is 138 Å². The first kappa shape index (κ1) is 84.0. The van der Waals surface area contributed by atoms with E-state index in [-0.39, 0.29) is 0 Å². The first-order chi connectivity index (χ1) is 71.4. The number of fused-ring (bicyclic) bond motifs is 14. The van der Waals surface area contributed by atoms with E-state index in [1.54, 1.807) is 0 Å². The highest BCUT2D eigenvalue weighted by Gasteiger charge is 2.28. The molecule has 6 heterocycles. The Balaban J connectivity index is 0.000000143. The summed E-state index contributed by atoms with van der Waals surface area (Å²) in [6.07, 6.45) is 15.2. The fourth-order valence-corrected chi connectivity index (χ4v) is 22.2. The second-order valence-electron chi connectivity index (χ2n) is 37.2. The number of aromatic nitrogens is 6. The van der Waals surface area contributed by atoms with Crippen LogP contribution >= 0.6 is 0 Å². The van der Waals surface area contributed by atoms with Crippen molar-refractivity contribution in [1.82, 2.24) is 29.1 Å².